The van der Waals surface area contributed by atoms with Crippen LogP contribution >= 0.6 is 15.9 Å². The fourth-order valence-electron chi connectivity index (χ4n) is 2.45. The maximum atomic E-state index is 9.96. The quantitative estimate of drug-likeness (QED) is 0.681. The molecule has 0 saturated heterocycles. The second kappa shape index (κ2) is 4.51. The van der Waals surface area contributed by atoms with Gasteiger partial charge in [0, 0.05) is 5.33 Å². The van der Waals surface area contributed by atoms with E-state index in [1.807, 2.05) is 6.07 Å². The molecule has 16 heavy (non-hydrogen) atoms. The fraction of sp³-hybridized carbons (Fsp3) is 0.500. The maximum absolute atomic E-state index is 9.96. The average molecular weight is 283 g/mol. The molecular formula is C12H16BBrO2. The highest BCUT2D eigenvalue weighted by Crippen LogP contribution is 2.37. The van der Waals surface area contributed by atoms with E-state index < -0.39 is 7.12 Å². The Kier molecular flexibility index (Phi) is 3.43. The van der Waals surface area contributed by atoms with E-state index in [4.69, 9.17) is 4.65 Å². The van der Waals surface area contributed by atoms with Gasteiger partial charge in [0.15, 0.2) is 0 Å². The molecule has 0 bridgehead atoms. The third-order valence-electron chi connectivity index (χ3n) is 3.51. The molecule has 1 aliphatic rings. The molecule has 2 rings (SSSR count). The minimum absolute atomic E-state index is 0.292. The van der Waals surface area contributed by atoms with Crippen LogP contribution < -0.4 is 5.46 Å². The summed E-state index contributed by atoms with van der Waals surface area (Å²) >= 11 is 3.43. The van der Waals surface area contributed by atoms with Crippen LogP contribution in [0.25, 0.3) is 0 Å². The number of alkyl halides is 1. The standard InChI is InChI=1S/C12H16BBrO2/c1-3-12(4-2)10-6-5-9(8-14)7-11(10)13(15)16-12/h5-7,15H,3-4,8H2,1-2H3. The van der Waals surface area contributed by atoms with Gasteiger partial charge < -0.3 is 9.68 Å². The average Bonchev–Trinajstić information content (AvgIpc) is 2.62. The zero-order valence-corrected chi connectivity index (χ0v) is 11.3. The van der Waals surface area contributed by atoms with Crippen molar-refractivity contribution in [2.24, 2.45) is 0 Å². The molecule has 1 aromatic carbocycles. The van der Waals surface area contributed by atoms with Crippen LogP contribution in [0, 0.1) is 0 Å². The third-order valence-corrected chi connectivity index (χ3v) is 4.15. The highest BCUT2D eigenvalue weighted by Gasteiger charge is 2.44. The Hall–Kier alpha value is -0.315. The van der Waals surface area contributed by atoms with E-state index in [-0.39, 0.29) is 5.60 Å². The third kappa shape index (κ3) is 1.73. The molecule has 0 radical (unpaired) electrons. The lowest BCUT2D eigenvalue weighted by Crippen LogP contribution is -2.29. The van der Waals surface area contributed by atoms with Crippen molar-refractivity contribution < 1.29 is 9.68 Å². The molecule has 86 valence electrons. The topological polar surface area (TPSA) is 29.5 Å². The lowest BCUT2D eigenvalue weighted by atomic mass is 9.76. The molecule has 0 aliphatic carbocycles. The first-order chi connectivity index (χ1) is 7.66. The fourth-order valence-corrected chi connectivity index (χ4v) is 2.80. The molecule has 1 heterocycles. The van der Waals surface area contributed by atoms with Gasteiger partial charge in [-0.1, -0.05) is 48.0 Å². The number of fused-ring (bicyclic) bond motifs is 1. The molecule has 1 N–H and O–H groups in total. The molecule has 1 aromatic rings. The van der Waals surface area contributed by atoms with E-state index in [9.17, 15) is 5.02 Å². The van der Waals surface area contributed by atoms with E-state index in [0.717, 1.165) is 29.2 Å². The summed E-state index contributed by atoms with van der Waals surface area (Å²) in [5, 5.41) is 10.8. The van der Waals surface area contributed by atoms with Crippen molar-refractivity contribution in [2.75, 3.05) is 0 Å². The van der Waals surface area contributed by atoms with Crippen molar-refractivity contribution >= 4 is 28.5 Å². The lowest BCUT2D eigenvalue weighted by molar-refractivity contribution is 0.0520. The van der Waals surface area contributed by atoms with Crippen molar-refractivity contribution in [3.05, 3.63) is 29.3 Å². The van der Waals surface area contributed by atoms with Crippen molar-refractivity contribution in [3.63, 3.8) is 0 Å². The second-order valence-corrected chi connectivity index (χ2v) is 4.79. The number of hydrogen-bond donors (Lipinski definition) is 1. The van der Waals surface area contributed by atoms with E-state index in [0.29, 0.717) is 0 Å². The lowest BCUT2D eigenvalue weighted by Gasteiger charge is -2.28. The number of benzene rings is 1. The first-order valence-corrected chi connectivity index (χ1v) is 6.84. The van der Waals surface area contributed by atoms with Crippen LogP contribution in [0.1, 0.15) is 37.8 Å². The van der Waals surface area contributed by atoms with E-state index in [2.05, 4.69) is 41.9 Å². The van der Waals surface area contributed by atoms with Crippen LogP contribution in [0.15, 0.2) is 18.2 Å². The zero-order chi connectivity index (χ0) is 11.8. The van der Waals surface area contributed by atoms with E-state index in [1.54, 1.807) is 0 Å². The van der Waals surface area contributed by atoms with Crippen LogP contribution in [-0.2, 0) is 15.6 Å². The Balaban J connectivity index is 2.50. The van der Waals surface area contributed by atoms with Crippen molar-refractivity contribution in [1.82, 2.24) is 0 Å². The number of hydrogen-bond acceptors (Lipinski definition) is 2. The van der Waals surface area contributed by atoms with E-state index >= 15 is 0 Å². The summed E-state index contributed by atoms with van der Waals surface area (Å²) in [6.45, 7) is 4.20. The Morgan fingerprint density at radius 2 is 2.06 bits per heavy atom. The second-order valence-electron chi connectivity index (χ2n) is 4.23. The Bertz CT molecular complexity index is 391. The van der Waals surface area contributed by atoms with Gasteiger partial charge >= 0.3 is 7.12 Å². The maximum Gasteiger partial charge on any atom is 0.492 e. The summed E-state index contributed by atoms with van der Waals surface area (Å²) in [6.07, 6.45) is 1.78. The minimum Gasteiger partial charge on any atom is -0.423 e. The summed E-state index contributed by atoms with van der Waals surface area (Å²) in [5.41, 5.74) is 2.96. The Labute approximate surface area is 105 Å². The van der Waals surface area contributed by atoms with E-state index in [1.165, 1.54) is 5.56 Å². The summed E-state index contributed by atoms with van der Waals surface area (Å²) in [6, 6.07) is 6.21. The largest absolute Gasteiger partial charge is 0.492 e. The van der Waals surface area contributed by atoms with Crippen LogP contribution in [0.4, 0.5) is 0 Å². The summed E-state index contributed by atoms with van der Waals surface area (Å²) in [7, 11) is -0.770. The molecule has 1 aliphatic heterocycles. The molecular weight excluding hydrogens is 267 g/mol. The van der Waals surface area contributed by atoms with Crippen molar-refractivity contribution in [2.45, 2.75) is 37.6 Å². The van der Waals surface area contributed by atoms with Crippen molar-refractivity contribution in [1.29, 1.82) is 0 Å². The van der Waals surface area contributed by atoms with Gasteiger partial charge in [0.05, 0.1) is 5.60 Å². The minimum atomic E-state index is -0.770. The highest BCUT2D eigenvalue weighted by atomic mass is 79.9. The van der Waals surface area contributed by atoms with Gasteiger partial charge in [0.2, 0.25) is 0 Å². The Morgan fingerprint density at radius 3 is 2.62 bits per heavy atom. The van der Waals surface area contributed by atoms with Gasteiger partial charge in [-0.2, -0.15) is 0 Å². The van der Waals surface area contributed by atoms with Crippen LogP contribution in [-0.4, -0.2) is 12.1 Å². The predicted octanol–water partition coefficient (Wildman–Crippen LogP) is 2.31. The molecule has 0 unspecified atom stereocenters. The number of rotatable bonds is 3. The molecule has 4 heteroatoms. The smallest absolute Gasteiger partial charge is 0.423 e. The normalized spacial score (nSPS) is 17.6. The summed E-state index contributed by atoms with van der Waals surface area (Å²) in [5.74, 6) is 0. The monoisotopic (exact) mass is 282 g/mol. The first kappa shape index (κ1) is 12.2. The van der Waals surface area contributed by atoms with Gasteiger partial charge in [-0.05, 0) is 29.4 Å². The van der Waals surface area contributed by atoms with Gasteiger partial charge in [-0.15, -0.1) is 0 Å². The molecule has 0 saturated carbocycles. The van der Waals surface area contributed by atoms with Crippen LogP contribution in [0.5, 0.6) is 0 Å². The molecule has 0 fully saturated rings. The molecule has 2 nitrogen and oxygen atoms in total. The molecule has 0 atom stereocenters. The zero-order valence-electron chi connectivity index (χ0n) is 9.66. The first-order valence-electron chi connectivity index (χ1n) is 5.72. The highest BCUT2D eigenvalue weighted by molar-refractivity contribution is 9.08. The molecule has 0 amide bonds. The molecule has 0 aromatic heterocycles. The summed E-state index contributed by atoms with van der Waals surface area (Å²) in [4.78, 5) is 0. The van der Waals surface area contributed by atoms with Gasteiger partial charge in [0.25, 0.3) is 0 Å². The van der Waals surface area contributed by atoms with Crippen LogP contribution in [0.3, 0.4) is 0 Å². The van der Waals surface area contributed by atoms with Gasteiger partial charge in [0.1, 0.15) is 0 Å². The number of halogens is 1. The van der Waals surface area contributed by atoms with Gasteiger partial charge in [-0.3, -0.25) is 0 Å². The summed E-state index contributed by atoms with van der Waals surface area (Å²) < 4.78 is 5.76. The predicted molar refractivity (Wildman–Crippen MR) is 70.0 cm³/mol. The van der Waals surface area contributed by atoms with Crippen LogP contribution in [0.2, 0.25) is 0 Å². The Morgan fingerprint density at radius 1 is 1.38 bits per heavy atom. The SMILES string of the molecule is CCC1(CC)OB(O)c2cc(CBr)ccc21. The molecule has 0 spiro atoms. The van der Waals surface area contributed by atoms with Crippen molar-refractivity contribution in [3.8, 4) is 0 Å². The van der Waals surface area contributed by atoms with Gasteiger partial charge in [-0.25, -0.2) is 0 Å².